The van der Waals surface area contributed by atoms with Crippen LogP contribution >= 0.6 is 11.6 Å². The van der Waals surface area contributed by atoms with Crippen molar-refractivity contribution >= 4 is 23.3 Å². The van der Waals surface area contributed by atoms with Gasteiger partial charge in [0, 0.05) is 29.9 Å². The van der Waals surface area contributed by atoms with E-state index in [1.807, 2.05) is 42.5 Å². The van der Waals surface area contributed by atoms with Crippen LogP contribution in [0.1, 0.15) is 21.5 Å². The second-order valence-electron chi connectivity index (χ2n) is 5.87. The molecule has 2 aromatic carbocycles. The second-order valence-corrected chi connectivity index (χ2v) is 6.27. The lowest BCUT2D eigenvalue weighted by Crippen LogP contribution is -2.23. The van der Waals surface area contributed by atoms with Crippen LogP contribution in [-0.2, 0) is 13.0 Å². The first kappa shape index (κ1) is 18.0. The maximum Gasteiger partial charge on any atom is 0.251 e. The average molecular weight is 366 g/mol. The van der Waals surface area contributed by atoms with Gasteiger partial charge in [-0.1, -0.05) is 60.1 Å². The van der Waals surface area contributed by atoms with E-state index >= 15 is 0 Å². The van der Waals surface area contributed by atoms with Gasteiger partial charge in [0.15, 0.2) is 0 Å². The molecule has 1 heterocycles. The van der Waals surface area contributed by atoms with Crippen LogP contribution in [-0.4, -0.2) is 17.4 Å². The quantitative estimate of drug-likeness (QED) is 0.655. The van der Waals surface area contributed by atoms with Gasteiger partial charge in [0.1, 0.15) is 5.82 Å². The van der Waals surface area contributed by atoms with Gasteiger partial charge < -0.3 is 10.6 Å². The third kappa shape index (κ3) is 5.07. The summed E-state index contributed by atoms with van der Waals surface area (Å²) in [6.45, 7) is 1.14. The van der Waals surface area contributed by atoms with E-state index in [0.29, 0.717) is 22.9 Å². The zero-order valence-corrected chi connectivity index (χ0v) is 15.0. The Morgan fingerprint density at radius 2 is 1.77 bits per heavy atom. The van der Waals surface area contributed by atoms with Crippen molar-refractivity contribution in [1.82, 2.24) is 10.3 Å². The van der Waals surface area contributed by atoms with Crippen LogP contribution in [0.3, 0.4) is 0 Å². The highest BCUT2D eigenvalue weighted by molar-refractivity contribution is 6.31. The predicted molar refractivity (Wildman–Crippen MR) is 105 cm³/mol. The summed E-state index contributed by atoms with van der Waals surface area (Å²) < 4.78 is 0. The molecule has 1 amide bonds. The van der Waals surface area contributed by atoms with E-state index in [2.05, 4.69) is 27.8 Å². The van der Waals surface area contributed by atoms with E-state index < -0.39 is 0 Å². The summed E-state index contributed by atoms with van der Waals surface area (Å²) in [5.74, 6) is 0.532. The largest absolute Gasteiger partial charge is 0.370 e. The van der Waals surface area contributed by atoms with Gasteiger partial charge in [0.25, 0.3) is 5.91 Å². The molecule has 0 radical (unpaired) electrons. The molecule has 26 heavy (non-hydrogen) atoms. The first-order valence-corrected chi connectivity index (χ1v) is 8.85. The number of amides is 1. The summed E-state index contributed by atoms with van der Waals surface area (Å²) in [7, 11) is 0. The van der Waals surface area contributed by atoms with Gasteiger partial charge in [0.2, 0.25) is 0 Å². The molecule has 0 spiro atoms. The minimum absolute atomic E-state index is 0.154. The summed E-state index contributed by atoms with van der Waals surface area (Å²) in [6.07, 6.45) is 2.53. The average Bonchev–Trinajstić information content (AvgIpc) is 2.68. The van der Waals surface area contributed by atoms with E-state index in [4.69, 9.17) is 11.6 Å². The molecule has 1 aromatic heterocycles. The first-order chi connectivity index (χ1) is 12.7. The molecule has 0 atom stereocenters. The fourth-order valence-corrected chi connectivity index (χ4v) is 2.77. The van der Waals surface area contributed by atoms with Crippen LogP contribution in [0.5, 0.6) is 0 Å². The van der Waals surface area contributed by atoms with Crippen molar-refractivity contribution in [3.63, 3.8) is 0 Å². The molecule has 5 heteroatoms. The lowest BCUT2D eigenvalue weighted by atomic mass is 10.1. The summed E-state index contributed by atoms with van der Waals surface area (Å²) in [5.41, 5.74) is 2.71. The molecule has 0 unspecified atom stereocenters. The minimum atomic E-state index is -0.154. The van der Waals surface area contributed by atoms with Crippen molar-refractivity contribution in [1.29, 1.82) is 0 Å². The van der Waals surface area contributed by atoms with Crippen molar-refractivity contribution in [2.75, 3.05) is 11.9 Å². The number of hydrogen-bond donors (Lipinski definition) is 2. The molecule has 0 saturated heterocycles. The van der Waals surface area contributed by atoms with Gasteiger partial charge >= 0.3 is 0 Å². The number of hydrogen-bond acceptors (Lipinski definition) is 3. The van der Waals surface area contributed by atoms with Crippen LogP contribution < -0.4 is 10.6 Å². The third-order valence-electron chi connectivity index (χ3n) is 3.98. The Morgan fingerprint density at radius 3 is 2.58 bits per heavy atom. The maximum atomic E-state index is 12.4. The van der Waals surface area contributed by atoms with Gasteiger partial charge in [-0.2, -0.15) is 0 Å². The molecule has 3 aromatic rings. The zero-order chi connectivity index (χ0) is 18.2. The smallest absolute Gasteiger partial charge is 0.251 e. The van der Waals surface area contributed by atoms with Gasteiger partial charge in [-0.3, -0.25) is 4.79 Å². The fourth-order valence-electron chi connectivity index (χ4n) is 2.57. The molecule has 0 aliphatic carbocycles. The van der Waals surface area contributed by atoms with E-state index in [1.54, 1.807) is 18.3 Å². The Bertz CT molecular complexity index is 868. The standard InChI is InChI=1S/C21H20ClN3O/c22-19-9-5-4-8-18(19)15-25-21(26)17-11-13-24-20(14-17)23-12-10-16-6-2-1-3-7-16/h1-9,11,13-14H,10,12,15H2,(H,23,24)(H,25,26). The van der Waals surface area contributed by atoms with Crippen LogP contribution in [0, 0.1) is 0 Å². The highest BCUT2D eigenvalue weighted by Crippen LogP contribution is 2.15. The third-order valence-corrected chi connectivity index (χ3v) is 4.35. The number of anilines is 1. The number of carbonyl (C=O) groups is 1. The molecular weight excluding hydrogens is 346 g/mol. The number of nitrogens with one attached hydrogen (secondary N) is 2. The molecular formula is C21H20ClN3O. The van der Waals surface area contributed by atoms with Crippen LogP contribution in [0.4, 0.5) is 5.82 Å². The fraction of sp³-hybridized carbons (Fsp3) is 0.143. The number of nitrogens with zero attached hydrogens (tertiary/aromatic N) is 1. The molecule has 0 saturated carbocycles. The highest BCUT2D eigenvalue weighted by Gasteiger charge is 2.08. The summed E-state index contributed by atoms with van der Waals surface area (Å²) in [6, 6.07) is 21.2. The molecule has 0 fully saturated rings. The Labute approximate surface area is 158 Å². The lowest BCUT2D eigenvalue weighted by Gasteiger charge is -2.09. The number of aromatic nitrogens is 1. The maximum absolute atomic E-state index is 12.4. The van der Waals surface area contributed by atoms with Crippen molar-refractivity contribution in [3.05, 3.63) is 94.6 Å². The summed E-state index contributed by atoms with van der Waals surface area (Å²) in [5, 5.41) is 6.79. The minimum Gasteiger partial charge on any atom is -0.370 e. The monoisotopic (exact) mass is 365 g/mol. The highest BCUT2D eigenvalue weighted by atomic mass is 35.5. The molecule has 4 nitrogen and oxygen atoms in total. The van der Waals surface area contributed by atoms with Crippen LogP contribution in [0.15, 0.2) is 72.9 Å². The molecule has 3 rings (SSSR count). The van der Waals surface area contributed by atoms with E-state index in [0.717, 1.165) is 18.5 Å². The van der Waals surface area contributed by atoms with Crippen LogP contribution in [0.25, 0.3) is 0 Å². The van der Waals surface area contributed by atoms with Gasteiger partial charge in [-0.05, 0) is 35.7 Å². The van der Waals surface area contributed by atoms with Crippen molar-refractivity contribution in [2.45, 2.75) is 13.0 Å². The molecule has 132 valence electrons. The molecule has 0 bridgehead atoms. The first-order valence-electron chi connectivity index (χ1n) is 8.48. The Kier molecular flexibility index (Phi) is 6.23. The van der Waals surface area contributed by atoms with Crippen molar-refractivity contribution < 1.29 is 4.79 Å². The lowest BCUT2D eigenvalue weighted by molar-refractivity contribution is 0.0951. The second kappa shape index (κ2) is 9.02. The predicted octanol–water partition coefficient (Wildman–Crippen LogP) is 4.32. The van der Waals surface area contributed by atoms with Gasteiger partial charge in [-0.15, -0.1) is 0 Å². The molecule has 0 aliphatic heterocycles. The van der Waals surface area contributed by atoms with Crippen molar-refractivity contribution in [2.24, 2.45) is 0 Å². The SMILES string of the molecule is O=C(NCc1ccccc1Cl)c1ccnc(NCCc2ccccc2)c1. The number of rotatable bonds is 7. The van der Waals surface area contributed by atoms with Crippen LogP contribution in [0.2, 0.25) is 5.02 Å². The Morgan fingerprint density at radius 1 is 1.00 bits per heavy atom. The van der Waals surface area contributed by atoms with Gasteiger partial charge in [0.05, 0.1) is 0 Å². The van der Waals surface area contributed by atoms with Crippen molar-refractivity contribution in [3.8, 4) is 0 Å². The molecule has 2 N–H and O–H groups in total. The Balaban J connectivity index is 1.54. The molecule has 0 aliphatic rings. The number of pyridine rings is 1. The van der Waals surface area contributed by atoms with E-state index in [9.17, 15) is 4.79 Å². The Hall–Kier alpha value is -2.85. The normalized spacial score (nSPS) is 10.3. The number of benzene rings is 2. The zero-order valence-electron chi connectivity index (χ0n) is 14.3. The number of halogens is 1. The van der Waals surface area contributed by atoms with E-state index in [1.165, 1.54) is 5.56 Å². The summed E-state index contributed by atoms with van der Waals surface area (Å²) in [4.78, 5) is 16.6. The number of carbonyl (C=O) groups excluding carboxylic acids is 1. The summed E-state index contributed by atoms with van der Waals surface area (Å²) >= 11 is 6.12. The van der Waals surface area contributed by atoms with E-state index in [-0.39, 0.29) is 5.91 Å². The topological polar surface area (TPSA) is 54.0 Å². The van der Waals surface area contributed by atoms with Gasteiger partial charge in [-0.25, -0.2) is 4.98 Å².